The van der Waals surface area contributed by atoms with E-state index in [-0.39, 0.29) is 6.09 Å². The van der Waals surface area contributed by atoms with E-state index in [4.69, 9.17) is 4.74 Å². The molecule has 2 aromatic rings. The molecule has 1 N–H and O–H groups in total. The van der Waals surface area contributed by atoms with Crippen LogP contribution in [0.1, 0.15) is 10.4 Å². The summed E-state index contributed by atoms with van der Waals surface area (Å²) < 4.78 is 6.22. The van der Waals surface area contributed by atoms with Gasteiger partial charge in [0.1, 0.15) is 6.61 Å². The molecular weight excluding hydrogens is 326 g/mol. The summed E-state index contributed by atoms with van der Waals surface area (Å²) in [5, 5.41) is 2.74. The van der Waals surface area contributed by atoms with Crippen molar-refractivity contribution in [1.82, 2.24) is 5.32 Å². The molecule has 0 spiro atoms. The first-order valence-corrected chi connectivity index (χ1v) is 7.54. The zero-order valence-electron chi connectivity index (χ0n) is 10.3. The smallest absolute Gasteiger partial charge is 0.407 e. The number of carbonyl (C=O) groups is 1. The van der Waals surface area contributed by atoms with Gasteiger partial charge in [-0.3, -0.25) is 0 Å². The number of nitrogens with one attached hydrogen (secondary N) is 1. The minimum Gasteiger partial charge on any atom is -0.445 e. The van der Waals surface area contributed by atoms with E-state index in [0.717, 1.165) is 15.8 Å². The minimum atomic E-state index is -0.375. The standard InChI is InChI=1S/C14H14BrNO2S/c15-13-7-6-12(19-13)8-9-16-14(17)18-10-11-4-2-1-3-5-11/h1-7H,8-10H2,(H,16,17). The molecule has 0 saturated heterocycles. The van der Waals surface area contributed by atoms with Crippen LogP contribution in [0.3, 0.4) is 0 Å². The van der Waals surface area contributed by atoms with E-state index < -0.39 is 0 Å². The van der Waals surface area contributed by atoms with Gasteiger partial charge in [0.25, 0.3) is 0 Å². The van der Waals surface area contributed by atoms with Crippen molar-refractivity contribution in [2.45, 2.75) is 13.0 Å². The van der Waals surface area contributed by atoms with Gasteiger partial charge in [-0.1, -0.05) is 30.3 Å². The number of halogens is 1. The molecule has 2 rings (SSSR count). The SMILES string of the molecule is O=C(NCCc1ccc(Br)s1)OCc1ccccc1. The van der Waals surface area contributed by atoms with Gasteiger partial charge in [-0.2, -0.15) is 0 Å². The molecule has 3 nitrogen and oxygen atoms in total. The number of benzene rings is 1. The number of rotatable bonds is 5. The van der Waals surface area contributed by atoms with Crippen molar-refractivity contribution in [2.75, 3.05) is 6.54 Å². The summed E-state index contributed by atoms with van der Waals surface area (Å²) >= 11 is 5.08. The fraction of sp³-hybridized carbons (Fsp3) is 0.214. The summed E-state index contributed by atoms with van der Waals surface area (Å²) in [6.45, 7) is 0.887. The molecular formula is C14H14BrNO2S. The van der Waals surface area contributed by atoms with Crippen molar-refractivity contribution < 1.29 is 9.53 Å². The van der Waals surface area contributed by atoms with Crippen LogP contribution in [0.15, 0.2) is 46.3 Å². The second-order valence-electron chi connectivity index (χ2n) is 3.94. The highest BCUT2D eigenvalue weighted by molar-refractivity contribution is 9.11. The van der Waals surface area contributed by atoms with Gasteiger partial charge in [0.05, 0.1) is 3.79 Å². The maximum absolute atomic E-state index is 11.5. The second kappa shape index (κ2) is 7.31. The first-order chi connectivity index (χ1) is 9.24. The van der Waals surface area contributed by atoms with E-state index in [9.17, 15) is 4.79 Å². The fourth-order valence-corrected chi connectivity index (χ4v) is 3.03. The van der Waals surface area contributed by atoms with E-state index in [1.807, 2.05) is 42.5 Å². The highest BCUT2D eigenvalue weighted by Crippen LogP contribution is 2.21. The van der Waals surface area contributed by atoms with E-state index in [0.29, 0.717) is 13.2 Å². The maximum Gasteiger partial charge on any atom is 0.407 e. The topological polar surface area (TPSA) is 38.3 Å². The first-order valence-electron chi connectivity index (χ1n) is 5.93. The lowest BCUT2D eigenvalue weighted by Gasteiger charge is -2.06. The van der Waals surface area contributed by atoms with Crippen LogP contribution in [0.2, 0.25) is 0 Å². The van der Waals surface area contributed by atoms with Gasteiger partial charge >= 0.3 is 6.09 Å². The Balaban J connectivity index is 1.65. The number of alkyl carbamates (subject to hydrolysis) is 1. The molecule has 100 valence electrons. The maximum atomic E-state index is 11.5. The van der Waals surface area contributed by atoms with Crippen molar-refractivity contribution in [3.05, 3.63) is 56.7 Å². The van der Waals surface area contributed by atoms with Crippen LogP contribution in [0, 0.1) is 0 Å². The molecule has 0 atom stereocenters. The molecule has 0 radical (unpaired) electrons. The molecule has 0 bridgehead atoms. The lowest BCUT2D eigenvalue weighted by molar-refractivity contribution is 0.140. The molecule has 0 fully saturated rings. The third-order valence-corrected chi connectivity index (χ3v) is 4.17. The molecule has 0 saturated carbocycles. The number of ether oxygens (including phenoxy) is 1. The molecule has 0 unspecified atom stereocenters. The normalized spacial score (nSPS) is 10.2. The predicted octanol–water partition coefficient (Wildman–Crippen LogP) is 3.98. The lowest BCUT2D eigenvalue weighted by Crippen LogP contribution is -2.26. The van der Waals surface area contributed by atoms with Crippen molar-refractivity contribution >= 4 is 33.4 Å². The Bertz CT molecular complexity index is 527. The van der Waals surface area contributed by atoms with Gasteiger partial charge < -0.3 is 10.1 Å². The highest BCUT2D eigenvalue weighted by Gasteiger charge is 2.03. The molecule has 0 aliphatic carbocycles. The molecule has 1 amide bonds. The molecule has 0 aliphatic heterocycles. The molecule has 0 aliphatic rings. The van der Waals surface area contributed by atoms with Crippen LogP contribution in [0.4, 0.5) is 4.79 Å². The average Bonchev–Trinajstić information content (AvgIpc) is 2.83. The van der Waals surface area contributed by atoms with Crippen LogP contribution < -0.4 is 5.32 Å². The van der Waals surface area contributed by atoms with Crippen LogP contribution in [-0.4, -0.2) is 12.6 Å². The second-order valence-corrected chi connectivity index (χ2v) is 6.49. The number of amides is 1. The van der Waals surface area contributed by atoms with Crippen molar-refractivity contribution in [1.29, 1.82) is 0 Å². The van der Waals surface area contributed by atoms with E-state index in [1.54, 1.807) is 11.3 Å². The molecule has 1 heterocycles. The Labute approximate surface area is 124 Å². The summed E-state index contributed by atoms with van der Waals surface area (Å²) in [6.07, 6.45) is 0.441. The van der Waals surface area contributed by atoms with E-state index in [2.05, 4.69) is 21.2 Å². The number of hydrogen-bond acceptors (Lipinski definition) is 3. The van der Waals surface area contributed by atoms with Gasteiger partial charge in [-0.25, -0.2) is 4.79 Å². The molecule has 1 aromatic heterocycles. The monoisotopic (exact) mass is 339 g/mol. The van der Waals surface area contributed by atoms with Crippen LogP contribution in [-0.2, 0) is 17.8 Å². The van der Waals surface area contributed by atoms with Gasteiger partial charge in [0.15, 0.2) is 0 Å². The third kappa shape index (κ3) is 5.04. The molecule has 1 aromatic carbocycles. The Kier molecular flexibility index (Phi) is 5.42. The van der Waals surface area contributed by atoms with Crippen molar-refractivity contribution in [3.63, 3.8) is 0 Å². The zero-order valence-corrected chi connectivity index (χ0v) is 12.7. The summed E-state index contributed by atoms with van der Waals surface area (Å²) in [6, 6.07) is 13.7. The van der Waals surface area contributed by atoms with Gasteiger partial charge in [0, 0.05) is 11.4 Å². The summed E-state index contributed by atoms with van der Waals surface area (Å²) in [7, 11) is 0. The highest BCUT2D eigenvalue weighted by atomic mass is 79.9. The third-order valence-electron chi connectivity index (χ3n) is 2.48. The quantitative estimate of drug-likeness (QED) is 0.894. The predicted molar refractivity (Wildman–Crippen MR) is 80.4 cm³/mol. The Morgan fingerprint density at radius 1 is 1.21 bits per heavy atom. The van der Waals surface area contributed by atoms with Crippen LogP contribution >= 0.6 is 27.3 Å². The largest absolute Gasteiger partial charge is 0.445 e. The number of carbonyl (C=O) groups excluding carboxylic acids is 1. The number of thiophene rings is 1. The minimum absolute atomic E-state index is 0.303. The Hall–Kier alpha value is -1.33. The van der Waals surface area contributed by atoms with Crippen molar-refractivity contribution in [2.24, 2.45) is 0 Å². The molecule has 5 heteroatoms. The zero-order chi connectivity index (χ0) is 13.5. The average molecular weight is 340 g/mol. The van der Waals surface area contributed by atoms with Gasteiger partial charge in [-0.15, -0.1) is 11.3 Å². The van der Waals surface area contributed by atoms with Gasteiger partial charge in [-0.05, 0) is 40.0 Å². The van der Waals surface area contributed by atoms with Crippen LogP contribution in [0.5, 0.6) is 0 Å². The van der Waals surface area contributed by atoms with E-state index >= 15 is 0 Å². The first kappa shape index (κ1) is 14.1. The molecule has 19 heavy (non-hydrogen) atoms. The fourth-order valence-electron chi connectivity index (χ4n) is 1.55. The van der Waals surface area contributed by atoms with E-state index in [1.165, 1.54) is 4.88 Å². The lowest BCUT2D eigenvalue weighted by atomic mass is 10.2. The van der Waals surface area contributed by atoms with Crippen molar-refractivity contribution in [3.8, 4) is 0 Å². The summed E-state index contributed by atoms with van der Waals surface area (Å²) in [4.78, 5) is 12.7. The number of hydrogen-bond donors (Lipinski definition) is 1. The summed E-state index contributed by atoms with van der Waals surface area (Å²) in [5.74, 6) is 0. The Morgan fingerprint density at radius 3 is 2.68 bits per heavy atom. The van der Waals surface area contributed by atoms with Gasteiger partial charge in [0.2, 0.25) is 0 Å². The Morgan fingerprint density at radius 2 is 2.00 bits per heavy atom. The summed E-state index contributed by atoms with van der Waals surface area (Å²) in [5.41, 5.74) is 0.986. The van der Waals surface area contributed by atoms with Crippen LogP contribution in [0.25, 0.3) is 0 Å².